The average molecular weight is 264 g/mol. The molecule has 108 valence electrons. The molecule has 0 unspecified atom stereocenters. The fraction of sp³-hybridized carbons (Fsp3) is 0.625. The van der Waals surface area contributed by atoms with E-state index >= 15 is 0 Å². The van der Waals surface area contributed by atoms with E-state index in [1.54, 1.807) is 7.11 Å². The molecule has 3 heteroatoms. The lowest BCUT2D eigenvalue weighted by Gasteiger charge is -2.19. The first kappa shape index (κ1) is 16.0. The lowest BCUT2D eigenvalue weighted by Crippen LogP contribution is -2.23. The van der Waals surface area contributed by atoms with Crippen LogP contribution in [-0.2, 0) is 13.1 Å². The highest BCUT2D eigenvalue weighted by atomic mass is 16.5. The number of benzene rings is 1. The Hall–Kier alpha value is -1.06. The maximum Gasteiger partial charge on any atom is 0.123 e. The summed E-state index contributed by atoms with van der Waals surface area (Å²) in [5, 5.41) is 3.45. The van der Waals surface area contributed by atoms with Crippen molar-refractivity contribution in [2.45, 2.75) is 46.8 Å². The van der Waals surface area contributed by atoms with Gasteiger partial charge in [-0.25, -0.2) is 0 Å². The molecule has 0 aromatic heterocycles. The second kappa shape index (κ2) is 8.18. The molecule has 1 aromatic carbocycles. The van der Waals surface area contributed by atoms with Crippen molar-refractivity contribution >= 4 is 0 Å². The second-order valence-corrected chi connectivity index (χ2v) is 5.14. The Balaban J connectivity index is 2.81. The maximum absolute atomic E-state index is 5.44. The van der Waals surface area contributed by atoms with Gasteiger partial charge in [-0.05, 0) is 30.8 Å². The van der Waals surface area contributed by atoms with Crippen LogP contribution >= 0.6 is 0 Å². The lowest BCUT2D eigenvalue weighted by atomic mass is 10.1. The van der Waals surface area contributed by atoms with Crippen LogP contribution in [0.15, 0.2) is 18.2 Å². The average Bonchev–Trinajstić information content (AvgIpc) is 2.42. The normalized spacial score (nSPS) is 11.3. The van der Waals surface area contributed by atoms with Crippen LogP contribution in [0.5, 0.6) is 5.75 Å². The van der Waals surface area contributed by atoms with E-state index in [1.165, 1.54) is 11.1 Å². The Morgan fingerprint density at radius 2 is 1.89 bits per heavy atom. The first-order chi connectivity index (χ1) is 9.10. The van der Waals surface area contributed by atoms with E-state index in [0.29, 0.717) is 6.04 Å². The van der Waals surface area contributed by atoms with E-state index in [0.717, 1.165) is 31.9 Å². The third-order valence-corrected chi connectivity index (χ3v) is 3.35. The van der Waals surface area contributed by atoms with Crippen LogP contribution in [0.3, 0.4) is 0 Å². The van der Waals surface area contributed by atoms with Crippen molar-refractivity contribution in [1.82, 2.24) is 10.2 Å². The molecule has 0 aliphatic heterocycles. The molecule has 0 heterocycles. The molecule has 1 rings (SSSR count). The summed E-state index contributed by atoms with van der Waals surface area (Å²) in [5.41, 5.74) is 2.59. The SMILES string of the molecule is CCN(CC)Cc1ccc(OC)c(CNC(C)C)c1. The number of rotatable bonds is 8. The Morgan fingerprint density at radius 3 is 2.42 bits per heavy atom. The Bertz CT molecular complexity index is 373. The number of nitrogens with one attached hydrogen (secondary N) is 1. The van der Waals surface area contributed by atoms with Gasteiger partial charge in [-0.1, -0.05) is 33.8 Å². The predicted molar refractivity (Wildman–Crippen MR) is 81.6 cm³/mol. The van der Waals surface area contributed by atoms with Crippen molar-refractivity contribution in [3.63, 3.8) is 0 Å². The maximum atomic E-state index is 5.44. The summed E-state index contributed by atoms with van der Waals surface area (Å²) in [6.07, 6.45) is 0. The van der Waals surface area contributed by atoms with Crippen molar-refractivity contribution in [3.05, 3.63) is 29.3 Å². The number of ether oxygens (including phenoxy) is 1. The summed E-state index contributed by atoms with van der Waals surface area (Å²) in [4.78, 5) is 2.42. The van der Waals surface area contributed by atoms with E-state index < -0.39 is 0 Å². The van der Waals surface area contributed by atoms with Gasteiger partial charge >= 0.3 is 0 Å². The van der Waals surface area contributed by atoms with Gasteiger partial charge in [0.2, 0.25) is 0 Å². The smallest absolute Gasteiger partial charge is 0.123 e. The predicted octanol–water partition coefficient (Wildman–Crippen LogP) is 3.04. The van der Waals surface area contributed by atoms with Crippen LogP contribution in [0.2, 0.25) is 0 Å². The highest BCUT2D eigenvalue weighted by Crippen LogP contribution is 2.20. The van der Waals surface area contributed by atoms with Gasteiger partial charge in [-0.2, -0.15) is 0 Å². The largest absolute Gasteiger partial charge is 0.496 e. The monoisotopic (exact) mass is 264 g/mol. The molecule has 19 heavy (non-hydrogen) atoms. The molecule has 0 saturated heterocycles. The first-order valence-electron chi connectivity index (χ1n) is 7.22. The molecule has 0 aliphatic carbocycles. The zero-order valence-corrected chi connectivity index (χ0v) is 13.0. The van der Waals surface area contributed by atoms with Crippen molar-refractivity contribution < 1.29 is 4.74 Å². The number of nitrogens with zero attached hydrogens (tertiary/aromatic N) is 1. The summed E-state index contributed by atoms with van der Waals surface area (Å²) in [7, 11) is 1.73. The highest BCUT2D eigenvalue weighted by molar-refractivity contribution is 5.37. The van der Waals surface area contributed by atoms with Crippen LogP contribution in [0.1, 0.15) is 38.8 Å². The van der Waals surface area contributed by atoms with E-state index in [-0.39, 0.29) is 0 Å². The highest BCUT2D eigenvalue weighted by Gasteiger charge is 2.07. The third kappa shape index (κ3) is 5.21. The Kier molecular flexibility index (Phi) is 6.89. The standard InChI is InChI=1S/C16H28N2O/c1-6-18(7-2)12-14-8-9-16(19-5)15(10-14)11-17-13(3)4/h8-10,13,17H,6-7,11-12H2,1-5H3. The first-order valence-corrected chi connectivity index (χ1v) is 7.22. The molecule has 3 nitrogen and oxygen atoms in total. The van der Waals surface area contributed by atoms with Gasteiger partial charge < -0.3 is 10.1 Å². The minimum Gasteiger partial charge on any atom is -0.496 e. The van der Waals surface area contributed by atoms with E-state index in [2.05, 4.69) is 56.1 Å². The fourth-order valence-corrected chi connectivity index (χ4v) is 2.09. The van der Waals surface area contributed by atoms with E-state index in [4.69, 9.17) is 4.74 Å². The van der Waals surface area contributed by atoms with Gasteiger partial charge in [0, 0.05) is 24.7 Å². The minimum atomic E-state index is 0.483. The molecule has 0 amide bonds. The molecule has 1 N–H and O–H groups in total. The summed E-state index contributed by atoms with van der Waals surface area (Å²) in [6.45, 7) is 12.8. The minimum absolute atomic E-state index is 0.483. The van der Waals surface area contributed by atoms with Crippen molar-refractivity contribution in [2.75, 3.05) is 20.2 Å². The Labute approximate surface area is 118 Å². The summed E-state index contributed by atoms with van der Waals surface area (Å²) in [6, 6.07) is 6.98. The molecule has 0 aliphatic rings. The van der Waals surface area contributed by atoms with Crippen molar-refractivity contribution in [3.8, 4) is 5.75 Å². The molecule has 0 saturated carbocycles. The van der Waals surface area contributed by atoms with E-state index in [1.807, 2.05) is 0 Å². The van der Waals surface area contributed by atoms with Gasteiger partial charge in [0.05, 0.1) is 7.11 Å². The van der Waals surface area contributed by atoms with Gasteiger partial charge in [0.25, 0.3) is 0 Å². The molecular weight excluding hydrogens is 236 g/mol. The van der Waals surface area contributed by atoms with Crippen LogP contribution < -0.4 is 10.1 Å². The van der Waals surface area contributed by atoms with Crippen molar-refractivity contribution in [2.24, 2.45) is 0 Å². The molecule has 0 atom stereocenters. The molecule has 0 radical (unpaired) electrons. The van der Waals surface area contributed by atoms with Gasteiger partial charge in [-0.15, -0.1) is 0 Å². The summed E-state index contributed by atoms with van der Waals surface area (Å²) >= 11 is 0. The fourth-order valence-electron chi connectivity index (χ4n) is 2.09. The molecule has 0 spiro atoms. The zero-order valence-electron chi connectivity index (χ0n) is 13.0. The Morgan fingerprint density at radius 1 is 1.21 bits per heavy atom. The number of hydrogen-bond donors (Lipinski definition) is 1. The quantitative estimate of drug-likeness (QED) is 0.781. The zero-order chi connectivity index (χ0) is 14.3. The summed E-state index contributed by atoms with van der Waals surface area (Å²) < 4.78 is 5.44. The second-order valence-electron chi connectivity index (χ2n) is 5.14. The summed E-state index contributed by atoms with van der Waals surface area (Å²) in [5.74, 6) is 0.969. The number of methoxy groups -OCH3 is 1. The van der Waals surface area contributed by atoms with Gasteiger partial charge in [0.15, 0.2) is 0 Å². The van der Waals surface area contributed by atoms with Crippen molar-refractivity contribution in [1.29, 1.82) is 0 Å². The lowest BCUT2D eigenvalue weighted by molar-refractivity contribution is 0.295. The molecular formula is C16H28N2O. The molecule has 0 bridgehead atoms. The van der Waals surface area contributed by atoms with Gasteiger partial charge in [-0.3, -0.25) is 4.90 Å². The van der Waals surface area contributed by atoms with Crippen LogP contribution in [0, 0.1) is 0 Å². The van der Waals surface area contributed by atoms with E-state index in [9.17, 15) is 0 Å². The van der Waals surface area contributed by atoms with Crippen LogP contribution in [0.4, 0.5) is 0 Å². The number of hydrogen-bond acceptors (Lipinski definition) is 3. The van der Waals surface area contributed by atoms with Crippen LogP contribution in [0.25, 0.3) is 0 Å². The molecule has 1 aromatic rings. The van der Waals surface area contributed by atoms with Crippen LogP contribution in [-0.4, -0.2) is 31.1 Å². The third-order valence-electron chi connectivity index (χ3n) is 3.35. The molecule has 0 fully saturated rings. The van der Waals surface area contributed by atoms with Gasteiger partial charge in [0.1, 0.15) is 5.75 Å². The topological polar surface area (TPSA) is 24.5 Å².